The molecular weight excluding hydrogens is 226 g/mol. The first kappa shape index (κ1) is 12.8. The molecule has 3 heteroatoms. The number of hydrogen-bond acceptors (Lipinski definition) is 3. The summed E-state index contributed by atoms with van der Waals surface area (Å²) in [6, 6.07) is 6.11. The molecule has 0 aromatic heterocycles. The van der Waals surface area contributed by atoms with Crippen molar-refractivity contribution in [2.24, 2.45) is 0 Å². The van der Waals surface area contributed by atoms with Gasteiger partial charge in [-0.3, -0.25) is 0 Å². The summed E-state index contributed by atoms with van der Waals surface area (Å²) < 4.78 is 11.2. The molecule has 18 heavy (non-hydrogen) atoms. The topological polar surface area (TPSA) is 30.5 Å². The number of rotatable bonds is 5. The van der Waals surface area contributed by atoms with E-state index in [1.807, 2.05) is 6.07 Å². The second-order valence-corrected chi connectivity index (χ2v) is 4.32. The molecule has 1 aliphatic heterocycles. The van der Waals surface area contributed by atoms with Gasteiger partial charge in [-0.1, -0.05) is 6.07 Å². The summed E-state index contributed by atoms with van der Waals surface area (Å²) in [6.07, 6.45) is 7.99. The zero-order chi connectivity index (χ0) is 12.6. The van der Waals surface area contributed by atoms with Gasteiger partial charge in [0.25, 0.3) is 0 Å². The molecule has 1 N–H and O–H groups in total. The average Bonchev–Trinajstić information content (AvgIpc) is 2.63. The second kappa shape index (κ2) is 6.93. The Kier molecular flexibility index (Phi) is 4.92. The highest BCUT2D eigenvalue weighted by atomic mass is 16.5. The summed E-state index contributed by atoms with van der Waals surface area (Å²) in [5, 5.41) is 3.37. The Labute approximate surface area is 108 Å². The molecular formula is C15H19NO2. The quantitative estimate of drug-likeness (QED) is 0.638. The van der Waals surface area contributed by atoms with E-state index in [4.69, 9.17) is 15.9 Å². The number of nitrogens with one attached hydrogen (secondary N) is 1. The van der Waals surface area contributed by atoms with Gasteiger partial charge in [0, 0.05) is 19.4 Å². The van der Waals surface area contributed by atoms with E-state index in [2.05, 4.69) is 23.4 Å². The average molecular weight is 245 g/mol. The molecule has 1 aromatic rings. The Hall–Kier alpha value is -1.66. The van der Waals surface area contributed by atoms with E-state index < -0.39 is 0 Å². The minimum Gasteiger partial charge on any atom is -0.490 e. The van der Waals surface area contributed by atoms with Crippen LogP contribution >= 0.6 is 0 Å². The fourth-order valence-electron chi connectivity index (χ4n) is 1.87. The Morgan fingerprint density at radius 2 is 2.06 bits per heavy atom. The van der Waals surface area contributed by atoms with E-state index in [1.165, 1.54) is 5.56 Å². The molecule has 96 valence electrons. The van der Waals surface area contributed by atoms with Crippen LogP contribution in [-0.2, 0) is 6.54 Å². The predicted octanol–water partition coefficient (Wildman–Crippen LogP) is 2.35. The molecule has 0 saturated heterocycles. The van der Waals surface area contributed by atoms with Crippen molar-refractivity contribution in [3.05, 3.63) is 23.8 Å². The molecule has 0 aliphatic carbocycles. The van der Waals surface area contributed by atoms with Crippen molar-refractivity contribution in [1.29, 1.82) is 0 Å². The molecule has 0 bridgehead atoms. The number of fused-ring (bicyclic) bond motifs is 1. The number of benzene rings is 1. The molecule has 2 rings (SSSR count). The van der Waals surface area contributed by atoms with E-state index in [0.29, 0.717) is 0 Å². The molecule has 1 aliphatic rings. The van der Waals surface area contributed by atoms with Crippen LogP contribution in [0.3, 0.4) is 0 Å². The van der Waals surface area contributed by atoms with Crippen LogP contribution in [0, 0.1) is 12.3 Å². The van der Waals surface area contributed by atoms with Crippen LogP contribution in [0.15, 0.2) is 18.2 Å². The van der Waals surface area contributed by atoms with Gasteiger partial charge in [0.2, 0.25) is 0 Å². The first-order valence-electron chi connectivity index (χ1n) is 6.43. The Balaban J connectivity index is 1.86. The lowest BCUT2D eigenvalue weighted by Gasteiger charge is -2.09. The molecule has 0 amide bonds. The minimum absolute atomic E-state index is 0.728. The lowest BCUT2D eigenvalue weighted by molar-refractivity contribution is 0.297. The standard InChI is InChI=1S/C15H19NO2/c1-2-3-4-8-16-12-13-6-7-14-15(11-13)18-10-5-9-17-14/h1,6-7,11,16H,3-5,8-10,12H2. The number of unbranched alkanes of at least 4 members (excludes halogenated alkanes) is 1. The van der Waals surface area contributed by atoms with E-state index in [0.717, 1.165) is 57.1 Å². The molecule has 1 aromatic carbocycles. The Morgan fingerprint density at radius 1 is 1.22 bits per heavy atom. The molecule has 0 saturated carbocycles. The third kappa shape index (κ3) is 3.68. The van der Waals surface area contributed by atoms with Gasteiger partial charge in [-0.05, 0) is 30.7 Å². The van der Waals surface area contributed by atoms with Gasteiger partial charge >= 0.3 is 0 Å². The van der Waals surface area contributed by atoms with E-state index in [9.17, 15) is 0 Å². The third-order valence-electron chi connectivity index (χ3n) is 2.82. The van der Waals surface area contributed by atoms with Crippen molar-refractivity contribution >= 4 is 0 Å². The fraction of sp³-hybridized carbons (Fsp3) is 0.467. The van der Waals surface area contributed by atoms with Gasteiger partial charge in [0.1, 0.15) is 0 Å². The van der Waals surface area contributed by atoms with Crippen molar-refractivity contribution in [2.75, 3.05) is 19.8 Å². The van der Waals surface area contributed by atoms with E-state index in [-0.39, 0.29) is 0 Å². The smallest absolute Gasteiger partial charge is 0.161 e. The highest BCUT2D eigenvalue weighted by Crippen LogP contribution is 2.30. The van der Waals surface area contributed by atoms with E-state index in [1.54, 1.807) is 0 Å². The van der Waals surface area contributed by atoms with Crippen molar-refractivity contribution in [2.45, 2.75) is 25.8 Å². The first-order chi connectivity index (χ1) is 8.90. The summed E-state index contributed by atoms with van der Waals surface area (Å²) >= 11 is 0. The second-order valence-electron chi connectivity index (χ2n) is 4.32. The third-order valence-corrected chi connectivity index (χ3v) is 2.82. The fourth-order valence-corrected chi connectivity index (χ4v) is 1.87. The molecule has 0 fully saturated rings. The summed E-state index contributed by atoms with van der Waals surface area (Å²) in [6.45, 7) is 3.24. The monoisotopic (exact) mass is 245 g/mol. The van der Waals surface area contributed by atoms with Gasteiger partial charge in [-0.2, -0.15) is 0 Å². The van der Waals surface area contributed by atoms with Crippen LogP contribution in [0.5, 0.6) is 11.5 Å². The molecule has 0 radical (unpaired) electrons. The zero-order valence-corrected chi connectivity index (χ0v) is 10.6. The van der Waals surface area contributed by atoms with Crippen LogP contribution in [0.2, 0.25) is 0 Å². The molecule has 3 nitrogen and oxygen atoms in total. The summed E-state index contributed by atoms with van der Waals surface area (Å²) in [7, 11) is 0. The van der Waals surface area contributed by atoms with Crippen molar-refractivity contribution < 1.29 is 9.47 Å². The van der Waals surface area contributed by atoms with Crippen LogP contribution in [0.25, 0.3) is 0 Å². The van der Waals surface area contributed by atoms with Crippen LogP contribution < -0.4 is 14.8 Å². The molecule has 0 atom stereocenters. The maximum Gasteiger partial charge on any atom is 0.161 e. The first-order valence-corrected chi connectivity index (χ1v) is 6.43. The zero-order valence-electron chi connectivity index (χ0n) is 10.6. The van der Waals surface area contributed by atoms with Crippen molar-refractivity contribution in [3.63, 3.8) is 0 Å². The van der Waals surface area contributed by atoms with Crippen LogP contribution in [0.4, 0.5) is 0 Å². The summed E-state index contributed by atoms with van der Waals surface area (Å²) in [5.74, 6) is 4.35. The van der Waals surface area contributed by atoms with Gasteiger partial charge in [0.05, 0.1) is 13.2 Å². The lowest BCUT2D eigenvalue weighted by atomic mass is 10.2. The largest absolute Gasteiger partial charge is 0.490 e. The highest BCUT2D eigenvalue weighted by Gasteiger charge is 2.10. The van der Waals surface area contributed by atoms with Gasteiger partial charge in [-0.25, -0.2) is 0 Å². The maximum absolute atomic E-state index is 5.65. The van der Waals surface area contributed by atoms with Gasteiger partial charge < -0.3 is 14.8 Å². The van der Waals surface area contributed by atoms with Crippen molar-refractivity contribution in [3.8, 4) is 23.8 Å². The predicted molar refractivity (Wildman–Crippen MR) is 71.8 cm³/mol. The normalized spacial score (nSPS) is 13.7. The summed E-state index contributed by atoms with van der Waals surface area (Å²) in [4.78, 5) is 0. The highest BCUT2D eigenvalue weighted by molar-refractivity contribution is 5.43. The number of hydrogen-bond donors (Lipinski definition) is 1. The van der Waals surface area contributed by atoms with Crippen LogP contribution in [-0.4, -0.2) is 19.8 Å². The lowest BCUT2D eigenvalue weighted by Crippen LogP contribution is -2.14. The Bertz CT molecular complexity index is 423. The minimum atomic E-state index is 0.728. The molecule has 0 spiro atoms. The van der Waals surface area contributed by atoms with Gasteiger partial charge in [0.15, 0.2) is 11.5 Å². The van der Waals surface area contributed by atoms with E-state index >= 15 is 0 Å². The van der Waals surface area contributed by atoms with Crippen LogP contribution in [0.1, 0.15) is 24.8 Å². The SMILES string of the molecule is C#CCCCNCc1ccc2c(c1)OCCCO2. The molecule has 1 heterocycles. The van der Waals surface area contributed by atoms with Crippen molar-refractivity contribution in [1.82, 2.24) is 5.32 Å². The summed E-state index contributed by atoms with van der Waals surface area (Å²) in [5.41, 5.74) is 1.21. The Morgan fingerprint density at radius 3 is 2.89 bits per heavy atom. The number of terminal acetylenes is 1. The van der Waals surface area contributed by atoms with Gasteiger partial charge in [-0.15, -0.1) is 12.3 Å². The maximum atomic E-state index is 5.65. The number of ether oxygens (including phenoxy) is 2. The molecule has 0 unspecified atom stereocenters.